The Balaban J connectivity index is 0.866. The number of rotatable bonds is 22. The molecule has 39 nitrogen and oxygen atoms in total. The summed E-state index contributed by atoms with van der Waals surface area (Å²) in [5, 5.41) is 46.5. The molecule has 4 aliphatic rings. The summed E-state index contributed by atoms with van der Waals surface area (Å²) in [4.78, 5) is 82.9. The molecule has 3 saturated heterocycles. The smallest absolute Gasteiger partial charge is 0.387 e. The van der Waals surface area contributed by atoms with Crippen LogP contribution in [-0.2, 0) is 71.4 Å². The van der Waals surface area contributed by atoms with Crippen LogP contribution in [0.15, 0.2) is 35.1 Å². The molecule has 3 fully saturated rings. The molecule has 78 heavy (non-hydrogen) atoms. The Hall–Kier alpha value is -4.86. The Morgan fingerprint density at radius 1 is 0.782 bits per heavy atom. The van der Waals surface area contributed by atoms with Crippen molar-refractivity contribution in [3.63, 3.8) is 0 Å². The van der Waals surface area contributed by atoms with Gasteiger partial charge in [-0.25, -0.2) is 48.1 Å². The second-order valence-corrected chi connectivity index (χ2v) is 24.1. The molecule has 0 amide bonds. The first kappa shape index (κ1) is 57.8. The number of H-pyrrole nitrogens is 1. The first-order chi connectivity index (χ1) is 36.7. The minimum Gasteiger partial charge on any atom is -0.387 e. The van der Waals surface area contributed by atoms with Crippen LogP contribution in [0.2, 0.25) is 0 Å². The number of ether oxygens (including phenoxy) is 5. The van der Waals surface area contributed by atoms with Crippen LogP contribution in [0.1, 0.15) is 37.0 Å². The number of aliphatic hydroxyl groups excluding tert-OH is 4. The summed E-state index contributed by atoms with van der Waals surface area (Å²) in [6.07, 6.45) is -13.6. The Morgan fingerprint density at radius 3 is 2.17 bits per heavy atom. The average Bonchev–Trinajstić information content (AvgIpc) is 4.39. The van der Waals surface area contributed by atoms with E-state index in [1.165, 1.54) is 32.0 Å². The predicted octanol–water partition coefficient (Wildman–Crippen LogP) is -3.93. The number of nitrogens with one attached hydrogen (secondary N) is 3. The van der Waals surface area contributed by atoms with Crippen LogP contribution in [0.4, 0.5) is 17.6 Å². The number of nitrogen functional groups attached to an aromatic ring is 2. The van der Waals surface area contributed by atoms with Crippen molar-refractivity contribution < 1.29 is 109 Å². The summed E-state index contributed by atoms with van der Waals surface area (Å²) in [6.45, 7) is -2.97. The third-order valence-corrected chi connectivity index (χ3v) is 18.3. The number of anilines is 3. The molecule has 43 heteroatoms. The minimum absolute atomic E-state index is 0.0275. The molecule has 9 rings (SSSR count). The lowest BCUT2D eigenvalue weighted by atomic mass is 9.95. The van der Waals surface area contributed by atoms with E-state index < -0.39 is 136 Å². The number of methoxy groups -OCH3 is 2. The second kappa shape index (κ2) is 22.2. The summed E-state index contributed by atoms with van der Waals surface area (Å²) in [7, 11) is -18.7. The number of nitrogens with zero attached hydrogens (tertiary/aromatic N) is 10. The third-order valence-electron chi connectivity index (χ3n) is 12.6. The number of hydrogen-bond acceptors (Lipinski definition) is 29. The van der Waals surface area contributed by atoms with Crippen LogP contribution < -0.4 is 37.5 Å². The van der Waals surface area contributed by atoms with E-state index in [9.17, 15) is 63.1 Å². The normalized spacial score (nSPS) is 31.4. The van der Waals surface area contributed by atoms with Crippen LogP contribution in [0.5, 0.6) is 0 Å². The number of imidazole rings is 3. The van der Waals surface area contributed by atoms with Gasteiger partial charge in [-0.1, -0.05) is 0 Å². The average molecular weight is 1190 g/mol. The van der Waals surface area contributed by atoms with Gasteiger partial charge in [0.25, 0.3) is 17.3 Å². The lowest BCUT2D eigenvalue weighted by molar-refractivity contribution is -0.753. The first-order valence-corrected chi connectivity index (χ1v) is 28.9. The van der Waals surface area contributed by atoms with Crippen LogP contribution in [-0.4, -0.2) is 179 Å². The van der Waals surface area contributed by atoms with Crippen molar-refractivity contribution in [1.82, 2.24) is 48.5 Å². The second-order valence-electron chi connectivity index (χ2n) is 17.7. The molecule has 430 valence electrons. The molecular weight excluding hydrogens is 1140 g/mol. The van der Waals surface area contributed by atoms with Gasteiger partial charge < -0.3 is 80.9 Å². The maximum absolute atomic E-state index is 13.7. The van der Waals surface area contributed by atoms with E-state index in [2.05, 4.69) is 44.5 Å². The zero-order valence-electron chi connectivity index (χ0n) is 40.5. The standard InChI is InChI=1S/C35H52N16O23P4/c1-48-12-51(28-19(48)30(56)46-35(38)44-28)31-20(52)13(4-5-65-2)14(70-31)6-67-75(57,58)47-76(59,60)74-78(63,64)69-8-16-23(24(66-3)33(72-16)49-10-41-17-25(36)39-9-40-26(17)49)73-77(61,62)68-7-15-21(53)22(54)32(71-15)50-11-42-18-27(50)43-34(37)45-29(18)55/h9-16,20-24,30-33,52-54,56H,4-8H2,1-3H3,(H12-,36,37,38,39,40,43,44,45,46,47,55,57,58,59,60,61,62,63,64)/p+1/t13-,14-,15-,16-,20-,21-,22-,23-,24-,30?,31-,32-,33-/m1/s1. The molecule has 5 aromatic heterocycles. The molecule has 5 unspecified atom stereocenters. The van der Waals surface area contributed by atoms with Gasteiger partial charge in [0.2, 0.25) is 24.1 Å². The van der Waals surface area contributed by atoms with E-state index in [0.29, 0.717) is 0 Å². The van der Waals surface area contributed by atoms with Gasteiger partial charge in [0.05, 0.1) is 45.6 Å². The molecule has 0 aromatic carbocycles. The Labute approximate surface area is 436 Å². The van der Waals surface area contributed by atoms with Gasteiger partial charge in [0, 0.05) is 26.7 Å². The Kier molecular flexibility index (Phi) is 16.5. The number of phosphoric ester groups is 2. The lowest BCUT2D eigenvalue weighted by Gasteiger charge is -2.26. The zero-order valence-corrected chi connectivity index (χ0v) is 44.1. The molecule has 9 heterocycles. The van der Waals surface area contributed by atoms with Crippen LogP contribution >= 0.6 is 31.1 Å². The fourth-order valence-corrected chi connectivity index (χ4v) is 14.1. The molecule has 0 bridgehead atoms. The van der Waals surface area contributed by atoms with Crippen LogP contribution in [0, 0.1) is 5.92 Å². The topological polar surface area (TPSA) is 553 Å². The van der Waals surface area contributed by atoms with E-state index in [0.717, 1.165) is 30.7 Å². The molecule has 17 N–H and O–H groups in total. The molecule has 0 radical (unpaired) electrons. The van der Waals surface area contributed by atoms with Crippen molar-refractivity contribution in [1.29, 1.82) is 0 Å². The number of guanidine groups is 1. The monoisotopic (exact) mass is 1190 g/mol. The lowest BCUT2D eigenvalue weighted by Crippen LogP contribution is -2.48. The predicted molar refractivity (Wildman–Crippen MR) is 255 cm³/mol. The van der Waals surface area contributed by atoms with Crippen molar-refractivity contribution >= 4 is 77.0 Å². The molecule has 0 saturated carbocycles. The number of fused-ring (bicyclic) bond motifs is 3. The highest BCUT2D eigenvalue weighted by molar-refractivity contribution is 7.71. The fraction of sp³-hybridized carbons (Fsp3) is 0.600. The Morgan fingerprint density at radius 2 is 1.45 bits per heavy atom. The quantitative estimate of drug-likeness (QED) is 0.0232. The maximum Gasteiger partial charge on any atom is 0.480 e. The highest BCUT2D eigenvalue weighted by Gasteiger charge is 2.54. The number of aryl methyl sites for hydroxylation is 1. The number of aromatic nitrogens is 10. The number of aromatic amines is 1. The molecule has 4 aliphatic heterocycles. The van der Waals surface area contributed by atoms with Crippen molar-refractivity contribution in [2.45, 2.75) is 80.2 Å². The van der Waals surface area contributed by atoms with E-state index in [1.54, 1.807) is 7.05 Å². The zero-order chi connectivity index (χ0) is 56.4. The van der Waals surface area contributed by atoms with Gasteiger partial charge in [-0.05, 0) is 6.42 Å². The van der Waals surface area contributed by atoms with Crippen LogP contribution in [0.25, 0.3) is 22.3 Å². The fourth-order valence-electron chi connectivity index (χ4n) is 9.16. The van der Waals surface area contributed by atoms with Gasteiger partial charge in [0.1, 0.15) is 54.6 Å². The SMILES string of the molecule is COCC[C@H]1[C@@H](O)[C@H]([n+]2cn(C)c3c2NC(N)=NC3O)O[C@@H]1COP(=O)(O)NP(=O)(O)OP(=O)(O)OC[C@H]1O[C@@H](n2cnc3c(N)ncnc32)[C@H](OC)[C@@H]1OP(=O)(O)OC[C@H]1O[C@@H](n2cnc3c(=O)[nH]c(N)nc32)[C@H](O)[C@@H]1O. The molecule has 5 aromatic rings. The van der Waals surface area contributed by atoms with Crippen molar-refractivity contribution in [2.75, 3.05) is 57.4 Å². The summed E-state index contributed by atoms with van der Waals surface area (Å²) in [6, 6.07) is 0. The van der Waals surface area contributed by atoms with Crippen LogP contribution in [0.3, 0.4) is 0 Å². The van der Waals surface area contributed by atoms with E-state index in [-0.39, 0.29) is 64.6 Å². The summed E-state index contributed by atoms with van der Waals surface area (Å²) in [5.74, 6) is -1.21. The third kappa shape index (κ3) is 11.8. The number of hydrogen-bond donors (Lipinski definition) is 14. The highest BCUT2D eigenvalue weighted by Crippen LogP contribution is 2.63. The van der Waals surface area contributed by atoms with Gasteiger partial charge >= 0.3 is 31.1 Å². The number of nitrogens with two attached hydrogens (primary N) is 3. The molecular formula is C35H53N16O23P4+. The van der Waals surface area contributed by atoms with E-state index in [1.807, 2.05) is 0 Å². The van der Waals surface area contributed by atoms with E-state index >= 15 is 0 Å². The molecule has 0 spiro atoms. The molecule has 0 aliphatic carbocycles. The number of phosphoric acid groups is 2. The van der Waals surface area contributed by atoms with Gasteiger partial charge in [-0.3, -0.25) is 41.6 Å². The van der Waals surface area contributed by atoms with Crippen molar-refractivity contribution in [3.8, 4) is 0 Å². The summed E-state index contributed by atoms with van der Waals surface area (Å²) < 4.78 is 113. The summed E-state index contributed by atoms with van der Waals surface area (Å²) in [5.41, 5.74) is 16.7. The minimum atomic E-state index is -5.92. The maximum atomic E-state index is 13.7. The highest BCUT2D eigenvalue weighted by atomic mass is 31.3. The number of aliphatic imine (C=N–C) groups is 1. The van der Waals surface area contributed by atoms with Gasteiger partial charge in [-0.15, -0.1) is 4.86 Å². The molecule has 17 atom stereocenters. The van der Waals surface area contributed by atoms with Gasteiger partial charge in [-0.2, -0.15) is 14.3 Å². The summed E-state index contributed by atoms with van der Waals surface area (Å²) >= 11 is 0. The largest absolute Gasteiger partial charge is 0.480 e. The van der Waals surface area contributed by atoms with Crippen molar-refractivity contribution in [2.24, 2.45) is 23.7 Å². The first-order valence-electron chi connectivity index (χ1n) is 22.7. The Bertz CT molecular complexity index is 3330. The van der Waals surface area contributed by atoms with E-state index in [4.69, 9.17) is 59.0 Å². The van der Waals surface area contributed by atoms with Gasteiger partial charge in [0.15, 0.2) is 41.4 Å². The number of aliphatic hydroxyl groups is 4. The van der Waals surface area contributed by atoms with Crippen molar-refractivity contribution in [3.05, 3.63) is 41.4 Å².